The van der Waals surface area contributed by atoms with Crippen LogP contribution in [0.4, 0.5) is 0 Å². The summed E-state index contributed by atoms with van der Waals surface area (Å²) in [6.45, 7) is 5.61. The first-order valence-electron chi connectivity index (χ1n) is 5.45. The van der Waals surface area contributed by atoms with Gasteiger partial charge in [0.1, 0.15) is 4.90 Å². The number of aliphatic hydroxyl groups excluding tert-OH is 1. The van der Waals surface area contributed by atoms with Gasteiger partial charge in [0.05, 0.1) is 6.61 Å². The lowest BCUT2D eigenvalue weighted by Gasteiger charge is -2.11. The quantitative estimate of drug-likeness (QED) is 0.818. The van der Waals surface area contributed by atoms with Crippen LogP contribution < -0.4 is 4.72 Å². The summed E-state index contributed by atoms with van der Waals surface area (Å²) in [6, 6.07) is 1.63. The first-order chi connectivity index (χ1) is 7.88. The number of hydrogen-bond donors (Lipinski definition) is 2. The molecular weight excluding hydrogens is 240 g/mol. The van der Waals surface area contributed by atoms with Crippen molar-refractivity contribution in [3.8, 4) is 0 Å². The molecule has 1 aromatic heterocycles. The molecule has 0 bridgehead atoms. The minimum atomic E-state index is -3.57. The second-order valence-corrected chi connectivity index (χ2v) is 5.89. The molecule has 0 aliphatic rings. The molecule has 17 heavy (non-hydrogen) atoms. The average molecular weight is 258 g/mol. The Morgan fingerprint density at radius 2 is 2.12 bits per heavy atom. The van der Waals surface area contributed by atoms with E-state index in [1.165, 1.54) is 6.20 Å². The van der Waals surface area contributed by atoms with Gasteiger partial charge >= 0.3 is 0 Å². The van der Waals surface area contributed by atoms with Crippen LogP contribution in [0, 0.1) is 6.92 Å². The van der Waals surface area contributed by atoms with Crippen LogP contribution in [0.15, 0.2) is 17.2 Å². The molecule has 0 fully saturated rings. The Morgan fingerprint density at radius 3 is 2.65 bits per heavy atom. The van der Waals surface area contributed by atoms with E-state index in [1.54, 1.807) is 6.07 Å². The smallest absolute Gasteiger partial charge is 0.242 e. The maximum Gasteiger partial charge on any atom is 0.242 e. The van der Waals surface area contributed by atoms with Crippen molar-refractivity contribution >= 4 is 10.0 Å². The van der Waals surface area contributed by atoms with Crippen LogP contribution in [0.1, 0.15) is 31.0 Å². The van der Waals surface area contributed by atoms with Crippen molar-refractivity contribution in [1.29, 1.82) is 0 Å². The third-order valence-corrected chi connectivity index (χ3v) is 3.87. The van der Waals surface area contributed by atoms with E-state index in [4.69, 9.17) is 5.11 Å². The Balaban J connectivity index is 3.11. The molecule has 0 spiro atoms. The van der Waals surface area contributed by atoms with Crippen LogP contribution in [-0.4, -0.2) is 31.7 Å². The largest absolute Gasteiger partial charge is 0.395 e. The van der Waals surface area contributed by atoms with E-state index in [0.29, 0.717) is 0 Å². The second kappa shape index (κ2) is 5.57. The lowest BCUT2D eigenvalue weighted by Crippen LogP contribution is -2.27. The van der Waals surface area contributed by atoms with Gasteiger partial charge in [0.15, 0.2) is 0 Å². The fourth-order valence-electron chi connectivity index (χ4n) is 1.52. The van der Waals surface area contributed by atoms with E-state index < -0.39 is 10.0 Å². The molecule has 6 heteroatoms. The summed E-state index contributed by atoms with van der Waals surface area (Å²) in [7, 11) is -3.57. The van der Waals surface area contributed by atoms with E-state index >= 15 is 0 Å². The van der Waals surface area contributed by atoms with Gasteiger partial charge in [0, 0.05) is 18.4 Å². The SMILES string of the molecule is Cc1ncc(S(=O)(=O)NCCO)cc1C(C)C. The number of pyridine rings is 1. The Bertz CT molecular complexity index is 483. The van der Waals surface area contributed by atoms with Crippen LogP contribution in [0.5, 0.6) is 0 Å². The third-order valence-electron chi connectivity index (χ3n) is 2.44. The summed E-state index contributed by atoms with van der Waals surface area (Å²) in [5.41, 5.74) is 1.75. The van der Waals surface area contributed by atoms with E-state index in [2.05, 4.69) is 9.71 Å². The van der Waals surface area contributed by atoms with Crippen LogP contribution in [0.2, 0.25) is 0 Å². The maximum absolute atomic E-state index is 11.8. The molecule has 0 amide bonds. The van der Waals surface area contributed by atoms with Crippen molar-refractivity contribution in [2.24, 2.45) is 0 Å². The standard InChI is InChI=1S/C11H18N2O3S/c1-8(2)11-6-10(7-12-9(11)3)17(15,16)13-4-5-14/h6-8,13-14H,4-5H2,1-3H3. The number of nitrogens with zero attached hydrogens (tertiary/aromatic N) is 1. The predicted octanol–water partition coefficient (Wildman–Crippen LogP) is 0.784. The molecule has 0 atom stereocenters. The summed E-state index contributed by atoms with van der Waals surface area (Å²) in [6.07, 6.45) is 1.33. The fraction of sp³-hybridized carbons (Fsp3) is 0.545. The normalized spacial score (nSPS) is 12.1. The molecule has 0 aliphatic heterocycles. The summed E-state index contributed by atoms with van der Waals surface area (Å²) in [4.78, 5) is 4.23. The van der Waals surface area contributed by atoms with Gasteiger partial charge < -0.3 is 5.11 Å². The summed E-state index contributed by atoms with van der Waals surface area (Å²) in [5, 5.41) is 8.62. The Kier molecular flexibility index (Phi) is 4.62. The fourth-order valence-corrected chi connectivity index (χ4v) is 2.52. The highest BCUT2D eigenvalue weighted by atomic mass is 32.2. The molecule has 0 aliphatic carbocycles. The average Bonchev–Trinajstić information content (AvgIpc) is 2.26. The zero-order valence-corrected chi connectivity index (χ0v) is 11.1. The van der Waals surface area contributed by atoms with E-state index in [0.717, 1.165) is 11.3 Å². The van der Waals surface area contributed by atoms with Gasteiger partial charge in [-0.2, -0.15) is 0 Å². The van der Waals surface area contributed by atoms with E-state index in [9.17, 15) is 8.42 Å². The minimum absolute atomic E-state index is 0.00716. The second-order valence-electron chi connectivity index (χ2n) is 4.12. The molecule has 0 saturated carbocycles. The van der Waals surface area contributed by atoms with Crippen molar-refractivity contribution in [2.45, 2.75) is 31.6 Å². The highest BCUT2D eigenvalue weighted by Crippen LogP contribution is 2.20. The summed E-state index contributed by atoms with van der Waals surface area (Å²) >= 11 is 0. The van der Waals surface area contributed by atoms with Gasteiger partial charge in [-0.05, 0) is 24.5 Å². The molecule has 0 unspecified atom stereocenters. The van der Waals surface area contributed by atoms with Crippen LogP contribution in [0.3, 0.4) is 0 Å². The lowest BCUT2D eigenvalue weighted by molar-refractivity contribution is 0.301. The molecule has 0 radical (unpaired) electrons. The number of aromatic nitrogens is 1. The van der Waals surface area contributed by atoms with Crippen molar-refractivity contribution in [3.05, 3.63) is 23.5 Å². The van der Waals surface area contributed by atoms with Crippen LogP contribution in [-0.2, 0) is 10.0 Å². The lowest BCUT2D eigenvalue weighted by atomic mass is 10.0. The van der Waals surface area contributed by atoms with Crippen LogP contribution >= 0.6 is 0 Å². The Hall–Kier alpha value is -0.980. The minimum Gasteiger partial charge on any atom is -0.395 e. The topological polar surface area (TPSA) is 79.3 Å². The van der Waals surface area contributed by atoms with Gasteiger partial charge in [-0.1, -0.05) is 13.8 Å². The molecule has 0 aromatic carbocycles. The van der Waals surface area contributed by atoms with E-state index in [-0.39, 0.29) is 24.0 Å². The van der Waals surface area contributed by atoms with Crippen molar-refractivity contribution in [3.63, 3.8) is 0 Å². The highest BCUT2D eigenvalue weighted by Gasteiger charge is 2.16. The van der Waals surface area contributed by atoms with Crippen LogP contribution in [0.25, 0.3) is 0 Å². The number of nitrogens with one attached hydrogen (secondary N) is 1. The van der Waals surface area contributed by atoms with Crippen molar-refractivity contribution in [2.75, 3.05) is 13.2 Å². The maximum atomic E-state index is 11.8. The molecule has 1 aromatic rings. The first-order valence-corrected chi connectivity index (χ1v) is 6.94. The molecule has 1 heterocycles. The summed E-state index contributed by atoms with van der Waals surface area (Å²) in [5.74, 6) is 0.218. The molecule has 1 rings (SSSR count). The van der Waals surface area contributed by atoms with Gasteiger partial charge in [-0.3, -0.25) is 4.98 Å². The van der Waals surface area contributed by atoms with Gasteiger partial charge in [-0.15, -0.1) is 0 Å². The number of hydrogen-bond acceptors (Lipinski definition) is 4. The monoisotopic (exact) mass is 258 g/mol. The van der Waals surface area contributed by atoms with Crippen molar-refractivity contribution < 1.29 is 13.5 Å². The van der Waals surface area contributed by atoms with Crippen molar-refractivity contribution in [1.82, 2.24) is 9.71 Å². The molecule has 2 N–H and O–H groups in total. The van der Waals surface area contributed by atoms with E-state index in [1.807, 2.05) is 20.8 Å². The zero-order valence-electron chi connectivity index (χ0n) is 10.3. The molecule has 96 valence electrons. The third kappa shape index (κ3) is 3.49. The number of aliphatic hydroxyl groups is 1. The summed E-state index contributed by atoms with van der Waals surface area (Å²) < 4.78 is 25.9. The molecule has 0 saturated heterocycles. The first kappa shape index (κ1) is 14.1. The molecule has 5 nitrogen and oxygen atoms in total. The Morgan fingerprint density at radius 1 is 1.47 bits per heavy atom. The van der Waals surface area contributed by atoms with Gasteiger partial charge in [0.2, 0.25) is 10.0 Å². The van der Waals surface area contributed by atoms with Gasteiger partial charge in [0.25, 0.3) is 0 Å². The number of rotatable bonds is 5. The molecular formula is C11H18N2O3S. The predicted molar refractivity (Wildman–Crippen MR) is 65.3 cm³/mol. The number of aryl methyl sites for hydroxylation is 1. The Labute approximate surface area is 102 Å². The van der Waals surface area contributed by atoms with Gasteiger partial charge in [-0.25, -0.2) is 13.1 Å². The zero-order chi connectivity index (χ0) is 13.1. The highest BCUT2D eigenvalue weighted by molar-refractivity contribution is 7.89. The number of sulfonamides is 1.